The zero-order valence-corrected chi connectivity index (χ0v) is 18.6. The van der Waals surface area contributed by atoms with Gasteiger partial charge in [0.2, 0.25) is 10.0 Å². The van der Waals surface area contributed by atoms with Crippen LogP contribution in [-0.2, 0) is 41.1 Å². The molecule has 31 heavy (non-hydrogen) atoms. The van der Waals surface area contributed by atoms with Gasteiger partial charge in [-0.3, -0.25) is 9.48 Å². The standard InChI is InChI=1S/C22H28N4O4S/c1-25-21(17-4-2-3-5-20(17)24-25)22(27)23-19-9-7-15-6-8-16(14-18(15)19)31(28,29)26-10-12-30-13-11-26/h6,8,14,19H,2-5,7,9-13H2,1H3,(H,23,27)/t19-/m1/s1. The summed E-state index contributed by atoms with van der Waals surface area (Å²) in [6.07, 6.45) is 5.58. The highest BCUT2D eigenvalue weighted by molar-refractivity contribution is 7.89. The van der Waals surface area contributed by atoms with Gasteiger partial charge in [0.05, 0.1) is 29.8 Å². The molecule has 0 saturated carbocycles. The Morgan fingerprint density at radius 2 is 1.94 bits per heavy atom. The summed E-state index contributed by atoms with van der Waals surface area (Å²) in [5.74, 6) is -0.127. The van der Waals surface area contributed by atoms with Gasteiger partial charge in [-0.2, -0.15) is 9.40 Å². The molecule has 1 atom stereocenters. The lowest BCUT2D eigenvalue weighted by molar-refractivity contribution is 0.0730. The number of aryl methyl sites for hydroxylation is 3. The van der Waals surface area contributed by atoms with Crippen LogP contribution in [0.4, 0.5) is 0 Å². The first kappa shape index (κ1) is 20.7. The zero-order valence-electron chi connectivity index (χ0n) is 17.8. The monoisotopic (exact) mass is 444 g/mol. The van der Waals surface area contributed by atoms with Crippen molar-refractivity contribution in [2.24, 2.45) is 7.05 Å². The Balaban J connectivity index is 1.40. The summed E-state index contributed by atoms with van der Waals surface area (Å²) in [6.45, 7) is 1.56. The summed E-state index contributed by atoms with van der Waals surface area (Å²) >= 11 is 0. The van der Waals surface area contributed by atoms with Crippen molar-refractivity contribution >= 4 is 15.9 Å². The van der Waals surface area contributed by atoms with Crippen LogP contribution in [0.15, 0.2) is 23.1 Å². The number of rotatable bonds is 4. The van der Waals surface area contributed by atoms with E-state index in [2.05, 4.69) is 10.4 Å². The van der Waals surface area contributed by atoms with Gasteiger partial charge in [0.1, 0.15) is 5.69 Å². The number of nitrogens with zero attached hydrogens (tertiary/aromatic N) is 3. The van der Waals surface area contributed by atoms with Crippen LogP contribution in [-0.4, -0.2) is 54.7 Å². The Morgan fingerprint density at radius 3 is 2.74 bits per heavy atom. The maximum Gasteiger partial charge on any atom is 0.270 e. The highest BCUT2D eigenvalue weighted by atomic mass is 32.2. The molecule has 0 radical (unpaired) electrons. The predicted molar refractivity (Wildman–Crippen MR) is 114 cm³/mol. The number of ether oxygens (including phenoxy) is 1. The van der Waals surface area contributed by atoms with Crippen molar-refractivity contribution in [2.75, 3.05) is 26.3 Å². The fourth-order valence-electron chi connectivity index (χ4n) is 5.02. The van der Waals surface area contributed by atoms with Crippen LogP contribution in [0.25, 0.3) is 0 Å². The van der Waals surface area contributed by atoms with E-state index in [0.717, 1.165) is 60.9 Å². The average Bonchev–Trinajstić information content (AvgIpc) is 3.33. The lowest BCUT2D eigenvalue weighted by atomic mass is 9.95. The molecule has 1 fully saturated rings. The lowest BCUT2D eigenvalue weighted by Gasteiger charge is -2.26. The van der Waals surface area contributed by atoms with E-state index in [1.165, 1.54) is 4.31 Å². The van der Waals surface area contributed by atoms with Crippen LogP contribution in [0.2, 0.25) is 0 Å². The number of nitrogens with one attached hydrogen (secondary N) is 1. The van der Waals surface area contributed by atoms with Gasteiger partial charge in [0.25, 0.3) is 5.91 Å². The average molecular weight is 445 g/mol. The van der Waals surface area contributed by atoms with Crippen LogP contribution >= 0.6 is 0 Å². The van der Waals surface area contributed by atoms with E-state index >= 15 is 0 Å². The van der Waals surface area contributed by atoms with Gasteiger partial charge in [-0.1, -0.05) is 6.07 Å². The molecule has 1 aromatic heterocycles. The lowest BCUT2D eigenvalue weighted by Crippen LogP contribution is -2.40. The maximum atomic E-state index is 13.2. The van der Waals surface area contributed by atoms with Crippen LogP contribution in [0.3, 0.4) is 0 Å². The van der Waals surface area contributed by atoms with Gasteiger partial charge < -0.3 is 10.1 Å². The molecule has 9 heteroatoms. The SMILES string of the molecule is Cn1nc2c(c1C(=O)N[C@@H]1CCc3ccc(S(=O)(=O)N4CCOCC4)cc31)CCCC2. The third kappa shape index (κ3) is 3.68. The molecule has 1 saturated heterocycles. The quantitative estimate of drug-likeness (QED) is 0.775. The molecule has 3 aliphatic rings. The highest BCUT2D eigenvalue weighted by Crippen LogP contribution is 2.34. The molecule has 166 valence electrons. The maximum absolute atomic E-state index is 13.2. The normalized spacial score (nSPS) is 21.5. The van der Waals surface area contributed by atoms with Crippen LogP contribution in [0.5, 0.6) is 0 Å². The smallest absolute Gasteiger partial charge is 0.270 e. The van der Waals surface area contributed by atoms with Crippen molar-refractivity contribution in [1.82, 2.24) is 19.4 Å². The van der Waals surface area contributed by atoms with Crippen LogP contribution in [0, 0.1) is 0 Å². The second kappa shape index (κ2) is 8.03. The molecule has 8 nitrogen and oxygen atoms in total. The Bertz CT molecular complexity index is 1120. The molecule has 0 unspecified atom stereocenters. The van der Waals surface area contributed by atoms with Crippen molar-refractivity contribution in [3.05, 3.63) is 46.3 Å². The molecule has 0 bridgehead atoms. The van der Waals surface area contributed by atoms with Gasteiger partial charge in [0, 0.05) is 25.7 Å². The number of carbonyl (C=O) groups excluding carboxylic acids is 1. The highest BCUT2D eigenvalue weighted by Gasteiger charge is 2.32. The van der Waals surface area contributed by atoms with E-state index in [9.17, 15) is 13.2 Å². The molecule has 2 aliphatic carbocycles. The number of sulfonamides is 1. The summed E-state index contributed by atoms with van der Waals surface area (Å²) in [7, 11) is -1.75. The number of aromatic nitrogens is 2. The van der Waals surface area contributed by atoms with E-state index in [-0.39, 0.29) is 16.8 Å². The summed E-state index contributed by atoms with van der Waals surface area (Å²) in [6, 6.07) is 5.12. The van der Waals surface area contributed by atoms with E-state index < -0.39 is 10.0 Å². The minimum Gasteiger partial charge on any atom is -0.379 e. The van der Waals surface area contributed by atoms with Crippen LogP contribution < -0.4 is 5.32 Å². The summed E-state index contributed by atoms with van der Waals surface area (Å²) in [5.41, 5.74) is 4.73. The summed E-state index contributed by atoms with van der Waals surface area (Å²) < 4.78 is 34.6. The molecule has 1 aromatic carbocycles. The molecule has 1 amide bonds. The number of carbonyl (C=O) groups is 1. The molecular weight excluding hydrogens is 416 g/mol. The summed E-state index contributed by atoms with van der Waals surface area (Å²) in [5, 5.41) is 7.71. The second-order valence-electron chi connectivity index (χ2n) is 8.55. The second-order valence-corrected chi connectivity index (χ2v) is 10.5. The largest absolute Gasteiger partial charge is 0.379 e. The molecule has 5 rings (SSSR count). The number of hydrogen-bond acceptors (Lipinski definition) is 5. The molecular formula is C22H28N4O4S. The Morgan fingerprint density at radius 1 is 1.16 bits per heavy atom. The number of amides is 1. The van der Waals surface area contributed by atoms with Crippen molar-refractivity contribution in [3.8, 4) is 0 Å². The van der Waals surface area contributed by atoms with Gasteiger partial charge in [-0.25, -0.2) is 8.42 Å². The Labute approximate surface area is 182 Å². The number of morpholine rings is 1. The molecule has 0 spiro atoms. The van der Waals surface area contributed by atoms with Crippen molar-refractivity contribution in [3.63, 3.8) is 0 Å². The van der Waals surface area contributed by atoms with E-state index in [1.54, 1.807) is 16.8 Å². The van der Waals surface area contributed by atoms with E-state index in [1.807, 2.05) is 13.1 Å². The van der Waals surface area contributed by atoms with Crippen LogP contribution in [0.1, 0.15) is 58.2 Å². The Kier molecular flexibility index (Phi) is 5.35. The topological polar surface area (TPSA) is 93.5 Å². The molecule has 1 aliphatic heterocycles. The number of fused-ring (bicyclic) bond motifs is 2. The Hall–Kier alpha value is -2.23. The molecule has 2 aromatic rings. The first-order chi connectivity index (χ1) is 14.9. The fourth-order valence-corrected chi connectivity index (χ4v) is 6.46. The van der Waals surface area contributed by atoms with Gasteiger partial charge in [-0.05, 0) is 61.8 Å². The van der Waals surface area contributed by atoms with Crippen molar-refractivity contribution in [2.45, 2.75) is 49.5 Å². The molecule has 1 N–H and O–H groups in total. The van der Waals surface area contributed by atoms with Gasteiger partial charge in [-0.15, -0.1) is 0 Å². The fraction of sp³-hybridized carbons (Fsp3) is 0.545. The van der Waals surface area contributed by atoms with E-state index in [4.69, 9.17) is 4.74 Å². The van der Waals surface area contributed by atoms with Crippen molar-refractivity contribution in [1.29, 1.82) is 0 Å². The van der Waals surface area contributed by atoms with Gasteiger partial charge in [0.15, 0.2) is 0 Å². The number of hydrogen-bond donors (Lipinski definition) is 1. The molecule has 2 heterocycles. The van der Waals surface area contributed by atoms with Crippen molar-refractivity contribution < 1.29 is 17.9 Å². The third-order valence-corrected chi connectivity index (χ3v) is 8.54. The minimum absolute atomic E-state index is 0.127. The number of benzene rings is 1. The summed E-state index contributed by atoms with van der Waals surface area (Å²) in [4.78, 5) is 13.5. The third-order valence-electron chi connectivity index (χ3n) is 6.64. The first-order valence-corrected chi connectivity index (χ1v) is 12.5. The van der Waals surface area contributed by atoms with Gasteiger partial charge >= 0.3 is 0 Å². The predicted octanol–water partition coefficient (Wildman–Crippen LogP) is 1.74. The first-order valence-electron chi connectivity index (χ1n) is 11.0. The zero-order chi connectivity index (χ0) is 21.6. The van der Waals surface area contributed by atoms with E-state index in [0.29, 0.717) is 32.0 Å². The minimum atomic E-state index is -3.57.